The van der Waals surface area contributed by atoms with E-state index in [2.05, 4.69) is 0 Å². The smallest absolute Gasteiger partial charge is 0.303 e. The fourth-order valence-corrected chi connectivity index (χ4v) is 2.57. The van der Waals surface area contributed by atoms with Gasteiger partial charge >= 0.3 is 5.97 Å². The number of aliphatic carboxylic acids is 1. The molecular weight excluding hydrogens is 352 g/mol. The van der Waals surface area contributed by atoms with Crippen LogP contribution in [-0.2, 0) is 17.6 Å². The van der Waals surface area contributed by atoms with Crippen molar-refractivity contribution in [2.24, 2.45) is 0 Å². The van der Waals surface area contributed by atoms with Crippen LogP contribution >= 0.6 is 12.4 Å². The third-order valence-corrected chi connectivity index (χ3v) is 4.00. The lowest BCUT2D eigenvalue weighted by Gasteiger charge is -2.29. The molecule has 0 unspecified atom stereocenters. The van der Waals surface area contributed by atoms with Gasteiger partial charge < -0.3 is 5.11 Å². The van der Waals surface area contributed by atoms with Crippen LogP contribution in [0.2, 0.25) is 0 Å². The quantitative estimate of drug-likeness (QED) is 0.718. The summed E-state index contributed by atoms with van der Waals surface area (Å²) in [5.74, 6) is -0.811. The zero-order valence-corrected chi connectivity index (χ0v) is 15.9. The number of carboxylic acids is 1. The van der Waals surface area contributed by atoms with Crippen molar-refractivity contribution in [2.45, 2.75) is 19.3 Å². The number of rotatable bonds is 8. The molecule has 6 heteroatoms. The molecule has 5 nitrogen and oxygen atoms in total. The van der Waals surface area contributed by atoms with Gasteiger partial charge in [-0.2, -0.15) is 0 Å². The SMILES string of the molecule is CN(C)N(CCc1ccc(CCC(=O)O)cc1)C(=O)c1ccccc1.Cl. The number of hydrazine groups is 1. The van der Waals surface area contributed by atoms with E-state index in [1.54, 1.807) is 10.0 Å². The predicted molar refractivity (Wildman–Crippen MR) is 105 cm³/mol. The molecule has 2 aromatic rings. The highest BCUT2D eigenvalue weighted by atomic mass is 35.5. The van der Waals surface area contributed by atoms with E-state index in [0.717, 1.165) is 17.5 Å². The summed E-state index contributed by atoms with van der Waals surface area (Å²) in [7, 11) is 3.71. The number of benzene rings is 2. The molecule has 2 rings (SSSR count). The molecule has 140 valence electrons. The summed E-state index contributed by atoms with van der Waals surface area (Å²) in [5.41, 5.74) is 2.79. The molecule has 0 aliphatic carbocycles. The fraction of sp³-hybridized carbons (Fsp3) is 0.300. The fourth-order valence-electron chi connectivity index (χ4n) is 2.57. The lowest BCUT2D eigenvalue weighted by Crippen LogP contribution is -2.43. The number of amides is 1. The van der Waals surface area contributed by atoms with Crippen LogP contribution in [-0.4, -0.2) is 47.6 Å². The number of carbonyl (C=O) groups is 2. The second-order valence-electron chi connectivity index (χ2n) is 6.10. The van der Waals surface area contributed by atoms with E-state index in [-0.39, 0.29) is 24.7 Å². The zero-order valence-electron chi connectivity index (χ0n) is 15.1. The Bertz CT molecular complexity index is 703. The summed E-state index contributed by atoms with van der Waals surface area (Å²) < 4.78 is 0. The minimum Gasteiger partial charge on any atom is -0.481 e. The molecule has 0 aromatic heterocycles. The van der Waals surface area contributed by atoms with Gasteiger partial charge in [0.25, 0.3) is 5.91 Å². The Morgan fingerprint density at radius 2 is 1.42 bits per heavy atom. The number of aryl methyl sites for hydroxylation is 1. The van der Waals surface area contributed by atoms with Gasteiger partial charge in [0.1, 0.15) is 0 Å². The van der Waals surface area contributed by atoms with Gasteiger partial charge in [-0.3, -0.25) is 14.6 Å². The molecule has 0 heterocycles. The molecule has 0 fully saturated rings. The van der Waals surface area contributed by atoms with E-state index in [4.69, 9.17) is 5.11 Å². The first-order chi connectivity index (χ1) is 12.0. The normalized spacial score (nSPS) is 10.3. The Kier molecular flexibility index (Phi) is 8.82. The number of carboxylic acid groups (broad SMARTS) is 1. The van der Waals surface area contributed by atoms with Crippen molar-refractivity contribution in [3.63, 3.8) is 0 Å². The lowest BCUT2D eigenvalue weighted by molar-refractivity contribution is -0.136. The summed E-state index contributed by atoms with van der Waals surface area (Å²) in [5, 5.41) is 12.2. The van der Waals surface area contributed by atoms with Crippen LogP contribution in [0.1, 0.15) is 27.9 Å². The number of carbonyl (C=O) groups excluding carboxylic acids is 1. The third-order valence-electron chi connectivity index (χ3n) is 4.00. The summed E-state index contributed by atoms with van der Waals surface area (Å²) in [4.78, 5) is 23.3. The van der Waals surface area contributed by atoms with Crippen LogP contribution in [0.4, 0.5) is 0 Å². The highest BCUT2D eigenvalue weighted by molar-refractivity contribution is 5.93. The van der Waals surface area contributed by atoms with E-state index in [1.165, 1.54) is 0 Å². The highest BCUT2D eigenvalue weighted by Crippen LogP contribution is 2.11. The van der Waals surface area contributed by atoms with Crippen molar-refractivity contribution in [1.82, 2.24) is 10.0 Å². The average molecular weight is 377 g/mol. The Morgan fingerprint density at radius 1 is 0.885 bits per heavy atom. The summed E-state index contributed by atoms with van der Waals surface area (Å²) in [6.45, 7) is 0.579. The second-order valence-corrected chi connectivity index (χ2v) is 6.10. The van der Waals surface area contributed by atoms with Crippen LogP contribution < -0.4 is 0 Å². The number of hydrogen-bond donors (Lipinski definition) is 1. The van der Waals surface area contributed by atoms with E-state index < -0.39 is 5.97 Å². The molecule has 2 aromatic carbocycles. The Hall–Kier alpha value is -2.37. The predicted octanol–water partition coefficient (Wildman–Crippen LogP) is 3.29. The molecule has 1 amide bonds. The molecule has 0 atom stereocenters. The molecule has 0 saturated heterocycles. The van der Waals surface area contributed by atoms with Crippen LogP contribution in [0, 0.1) is 0 Å². The molecule has 0 bridgehead atoms. The van der Waals surface area contributed by atoms with Crippen LogP contribution in [0.5, 0.6) is 0 Å². The molecule has 0 saturated carbocycles. The molecular formula is C20H25ClN2O3. The van der Waals surface area contributed by atoms with E-state index >= 15 is 0 Å². The summed E-state index contributed by atoms with van der Waals surface area (Å²) in [6.07, 6.45) is 1.40. The van der Waals surface area contributed by atoms with Gasteiger partial charge in [0, 0.05) is 32.6 Å². The van der Waals surface area contributed by atoms with Gasteiger partial charge in [-0.15, -0.1) is 12.4 Å². The Balaban J connectivity index is 0.00000338. The first kappa shape index (κ1) is 21.7. The van der Waals surface area contributed by atoms with Crippen molar-refractivity contribution in [3.8, 4) is 0 Å². The molecule has 1 N–H and O–H groups in total. The second kappa shape index (κ2) is 10.6. The maximum absolute atomic E-state index is 12.6. The molecule has 0 aliphatic rings. The number of halogens is 1. The van der Waals surface area contributed by atoms with Crippen molar-refractivity contribution >= 4 is 24.3 Å². The maximum Gasteiger partial charge on any atom is 0.303 e. The molecule has 0 spiro atoms. The van der Waals surface area contributed by atoms with E-state index in [0.29, 0.717) is 18.5 Å². The minimum absolute atomic E-state index is 0. The van der Waals surface area contributed by atoms with Crippen molar-refractivity contribution in [1.29, 1.82) is 0 Å². The van der Waals surface area contributed by atoms with E-state index in [9.17, 15) is 9.59 Å². The van der Waals surface area contributed by atoms with Gasteiger partial charge in [0.05, 0.1) is 0 Å². The van der Waals surface area contributed by atoms with Gasteiger partial charge in [-0.05, 0) is 36.1 Å². The monoisotopic (exact) mass is 376 g/mol. The van der Waals surface area contributed by atoms with Crippen LogP contribution in [0.3, 0.4) is 0 Å². The van der Waals surface area contributed by atoms with Crippen molar-refractivity contribution < 1.29 is 14.7 Å². The third kappa shape index (κ3) is 6.50. The largest absolute Gasteiger partial charge is 0.481 e. The topological polar surface area (TPSA) is 60.9 Å². The number of nitrogens with zero attached hydrogens (tertiary/aromatic N) is 2. The Morgan fingerprint density at radius 3 is 1.92 bits per heavy atom. The molecule has 0 radical (unpaired) electrons. The van der Waals surface area contributed by atoms with Crippen LogP contribution in [0.25, 0.3) is 0 Å². The van der Waals surface area contributed by atoms with Gasteiger partial charge in [0.2, 0.25) is 0 Å². The first-order valence-corrected chi connectivity index (χ1v) is 8.31. The standard InChI is InChI=1S/C20H24N2O3.ClH/c1-21(2)22(20(25)18-6-4-3-5-7-18)15-14-17-10-8-16(9-11-17)12-13-19(23)24;/h3-11H,12-15H2,1-2H3,(H,23,24);1H. The van der Waals surface area contributed by atoms with Crippen molar-refractivity contribution in [3.05, 3.63) is 71.3 Å². The van der Waals surface area contributed by atoms with Gasteiger partial charge in [0.15, 0.2) is 0 Å². The first-order valence-electron chi connectivity index (χ1n) is 8.31. The number of hydrogen-bond acceptors (Lipinski definition) is 3. The lowest BCUT2D eigenvalue weighted by atomic mass is 10.1. The summed E-state index contributed by atoms with van der Waals surface area (Å²) in [6, 6.07) is 17.1. The average Bonchev–Trinajstić information content (AvgIpc) is 2.61. The van der Waals surface area contributed by atoms with Crippen molar-refractivity contribution in [2.75, 3.05) is 20.6 Å². The Labute approximate surface area is 160 Å². The van der Waals surface area contributed by atoms with E-state index in [1.807, 2.05) is 68.7 Å². The zero-order chi connectivity index (χ0) is 18.2. The van der Waals surface area contributed by atoms with Gasteiger partial charge in [-0.25, -0.2) is 5.01 Å². The maximum atomic E-state index is 12.6. The van der Waals surface area contributed by atoms with Gasteiger partial charge in [-0.1, -0.05) is 42.5 Å². The highest BCUT2D eigenvalue weighted by Gasteiger charge is 2.17. The minimum atomic E-state index is -0.787. The molecule has 0 aliphatic heterocycles. The molecule has 26 heavy (non-hydrogen) atoms. The summed E-state index contributed by atoms with van der Waals surface area (Å²) >= 11 is 0. The van der Waals surface area contributed by atoms with Crippen LogP contribution in [0.15, 0.2) is 54.6 Å².